The second kappa shape index (κ2) is 6.08. The number of aliphatic hydroxyl groups is 2. The van der Waals surface area contributed by atoms with Crippen molar-refractivity contribution in [2.24, 2.45) is 0 Å². The largest absolute Gasteiger partial charge is 0.490 e. The predicted molar refractivity (Wildman–Crippen MR) is 73.6 cm³/mol. The van der Waals surface area contributed by atoms with Crippen molar-refractivity contribution in [2.45, 2.75) is 24.2 Å². The second-order valence-electron chi connectivity index (χ2n) is 5.93. The molecule has 2 aliphatic rings. The van der Waals surface area contributed by atoms with Crippen molar-refractivity contribution in [3.05, 3.63) is 29.8 Å². The van der Waals surface area contributed by atoms with Gasteiger partial charge in [-0.05, 0) is 18.6 Å². The van der Waals surface area contributed by atoms with Crippen LogP contribution >= 0.6 is 0 Å². The minimum Gasteiger partial charge on any atom is -0.490 e. The molecule has 1 aromatic carbocycles. The molecule has 2 fully saturated rings. The normalized spacial score (nSPS) is 30.1. The number of hydrogen-bond donors (Lipinski definition) is 2. The van der Waals surface area contributed by atoms with Crippen LogP contribution in [-0.2, 0) is 4.74 Å². The lowest BCUT2D eigenvalue weighted by Crippen LogP contribution is -2.64. The van der Waals surface area contributed by atoms with Gasteiger partial charge in [0.1, 0.15) is 18.0 Å². The van der Waals surface area contributed by atoms with Gasteiger partial charge in [0.05, 0.1) is 25.4 Å². The van der Waals surface area contributed by atoms with Gasteiger partial charge in [-0.2, -0.15) is 0 Å². The number of benzene rings is 1. The zero-order valence-corrected chi connectivity index (χ0v) is 12.0. The summed E-state index contributed by atoms with van der Waals surface area (Å²) in [6, 6.07) is 3.42. The Morgan fingerprint density at radius 3 is 2.73 bits per heavy atom. The topological polar surface area (TPSA) is 62.2 Å². The second-order valence-corrected chi connectivity index (χ2v) is 5.93. The van der Waals surface area contributed by atoms with Crippen LogP contribution in [0.2, 0.25) is 0 Å². The first-order valence-corrected chi connectivity index (χ1v) is 7.28. The molecule has 22 heavy (non-hydrogen) atoms. The van der Waals surface area contributed by atoms with Crippen LogP contribution in [0.4, 0.5) is 8.78 Å². The maximum absolute atomic E-state index is 13.1. The molecule has 0 aliphatic carbocycles. The molecule has 2 atom stereocenters. The first-order valence-electron chi connectivity index (χ1n) is 7.28. The molecule has 0 bridgehead atoms. The fourth-order valence-corrected chi connectivity index (χ4v) is 2.76. The molecule has 1 aromatic rings. The molecule has 0 amide bonds. The van der Waals surface area contributed by atoms with E-state index in [0.717, 1.165) is 12.1 Å². The first-order chi connectivity index (χ1) is 10.5. The van der Waals surface area contributed by atoms with Crippen LogP contribution in [0.5, 0.6) is 5.75 Å². The lowest BCUT2D eigenvalue weighted by Gasteiger charge is -2.47. The molecule has 0 unspecified atom stereocenters. The van der Waals surface area contributed by atoms with Crippen LogP contribution in [0.3, 0.4) is 0 Å². The minimum absolute atomic E-state index is 0.114. The summed E-state index contributed by atoms with van der Waals surface area (Å²) in [5.74, 6) is -1.86. The van der Waals surface area contributed by atoms with Crippen molar-refractivity contribution in [2.75, 3.05) is 32.9 Å². The maximum Gasteiger partial charge on any atom is 0.162 e. The highest BCUT2D eigenvalue weighted by atomic mass is 19.2. The Labute approximate surface area is 127 Å². The third kappa shape index (κ3) is 3.08. The summed E-state index contributed by atoms with van der Waals surface area (Å²) in [6.45, 7) is 1.99. The monoisotopic (exact) mass is 315 g/mol. The Morgan fingerprint density at radius 1 is 1.32 bits per heavy atom. The zero-order valence-electron chi connectivity index (χ0n) is 12.0. The molecule has 122 valence electrons. The zero-order chi connectivity index (χ0) is 15.7. The van der Waals surface area contributed by atoms with E-state index >= 15 is 0 Å². The Kier molecular flexibility index (Phi) is 4.31. The van der Waals surface area contributed by atoms with Gasteiger partial charge in [-0.1, -0.05) is 0 Å². The average Bonchev–Trinajstić information content (AvgIpc) is 2.43. The van der Waals surface area contributed by atoms with E-state index in [1.165, 1.54) is 6.07 Å². The summed E-state index contributed by atoms with van der Waals surface area (Å²) in [6.07, 6.45) is -0.497. The van der Waals surface area contributed by atoms with Crippen LogP contribution in [0.15, 0.2) is 18.2 Å². The smallest absolute Gasteiger partial charge is 0.162 e. The van der Waals surface area contributed by atoms with Crippen molar-refractivity contribution in [3.8, 4) is 5.75 Å². The number of piperidine rings is 1. The van der Waals surface area contributed by atoms with Gasteiger partial charge in [-0.3, -0.25) is 4.90 Å². The van der Waals surface area contributed by atoms with Gasteiger partial charge in [-0.25, -0.2) is 8.78 Å². The van der Waals surface area contributed by atoms with Crippen LogP contribution < -0.4 is 4.74 Å². The Morgan fingerprint density at radius 2 is 2.09 bits per heavy atom. The quantitative estimate of drug-likeness (QED) is 0.849. The number of ether oxygens (including phenoxy) is 2. The van der Waals surface area contributed by atoms with E-state index in [2.05, 4.69) is 4.90 Å². The maximum atomic E-state index is 13.1. The van der Waals surface area contributed by atoms with E-state index in [4.69, 9.17) is 9.47 Å². The van der Waals surface area contributed by atoms with Crippen molar-refractivity contribution < 1.29 is 28.5 Å². The fraction of sp³-hybridized carbons (Fsp3) is 0.600. The summed E-state index contributed by atoms with van der Waals surface area (Å²) < 4.78 is 36.5. The molecule has 2 heterocycles. The molecule has 3 rings (SSSR count). The summed E-state index contributed by atoms with van der Waals surface area (Å²) in [5, 5.41) is 20.7. The molecule has 0 spiro atoms. The number of aliphatic hydroxyl groups excluding tert-OH is 1. The Bertz CT molecular complexity index is 540. The van der Waals surface area contributed by atoms with E-state index in [9.17, 15) is 19.0 Å². The fourth-order valence-electron chi connectivity index (χ4n) is 2.76. The molecular formula is C15H19F2NO4. The molecule has 5 nitrogen and oxygen atoms in total. The summed E-state index contributed by atoms with van der Waals surface area (Å²) >= 11 is 0. The SMILES string of the molecule is O[C@H]1CCN(C2COC2)C[C@]1(O)COc1ccc(F)c(F)c1. The number of nitrogens with zero attached hydrogens (tertiary/aromatic N) is 1. The van der Waals surface area contributed by atoms with Crippen molar-refractivity contribution >= 4 is 0 Å². The van der Waals surface area contributed by atoms with Crippen LogP contribution in [0.25, 0.3) is 0 Å². The van der Waals surface area contributed by atoms with Gasteiger partial charge in [0.2, 0.25) is 0 Å². The van der Waals surface area contributed by atoms with Crippen molar-refractivity contribution in [3.63, 3.8) is 0 Å². The molecule has 0 radical (unpaired) electrons. The lowest BCUT2D eigenvalue weighted by molar-refractivity contribution is -0.167. The lowest BCUT2D eigenvalue weighted by atomic mass is 9.89. The summed E-state index contributed by atoms with van der Waals surface area (Å²) in [4.78, 5) is 2.06. The van der Waals surface area contributed by atoms with Gasteiger partial charge in [0.15, 0.2) is 11.6 Å². The van der Waals surface area contributed by atoms with Crippen LogP contribution in [-0.4, -0.2) is 65.8 Å². The third-order valence-electron chi connectivity index (χ3n) is 4.30. The van der Waals surface area contributed by atoms with E-state index < -0.39 is 23.3 Å². The molecule has 0 saturated carbocycles. The molecular weight excluding hydrogens is 296 g/mol. The highest BCUT2D eigenvalue weighted by Crippen LogP contribution is 2.27. The summed E-state index contributed by atoms with van der Waals surface area (Å²) in [5.41, 5.74) is -1.45. The molecule has 2 saturated heterocycles. The van der Waals surface area contributed by atoms with E-state index in [-0.39, 0.29) is 24.9 Å². The highest BCUT2D eigenvalue weighted by Gasteiger charge is 2.44. The van der Waals surface area contributed by atoms with Gasteiger partial charge in [-0.15, -0.1) is 0 Å². The standard InChI is InChI=1S/C15H19F2NO4/c16-12-2-1-11(5-13(12)17)22-9-15(20)8-18(4-3-14(15)19)10-6-21-7-10/h1-2,5,10,14,19-20H,3-4,6-9H2/t14-,15-/m0/s1. The number of hydrogen-bond acceptors (Lipinski definition) is 5. The van der Waals surface area contributed by atoms with Gasteiger partial charge in [0.25, 0.3) is 0 Å². The number of halogens is 2. The minimum atomic E-state index is -1.45. The number of β-amino-alcohol motifs (C(OH)–C–C–N with tert-alkyl or cyclic N) is 1. The molecule has 2 N–H and O–H groups in total. The van der Waals surface area contributed by atoms with Gasteiger partial charge >= 0.3 is 0 Å². The molecule has 7 heteroatoms. The first kappa shape index (κ1) is 15.6. The third-order valence-corrected chi connectivity index (χ3v) is 4.30. The van der Waals surface area contributed by atoms with E-state index in [0.29, 0.717) is 26.2 Å². The van der Waals surface area contributed by atoms with Crippen molar-refractivity contribution in [1.29, 1.82) is 0 Å². The molecule has 0 aromatic heterocycles. The average molecular weight is 315 g/mol. The molecule has 2 aliphatic heterocycles. The number of rotatable bonds is 4. The van der Waals surface area contributed by atoms with Crippen LogP contribution in [0.1, 0.15) is 6.42 Å². The number of likely N-dealkylation sites (tertiary alicyclic amines) is 1. The summed E-state index contributed by atoms with van der Waals surface area (Å²) in [7, 11) is 0. The van der Waals surface area contributed by atoms with Gasteiger partial charge < -0.3 is 19.7 Å². The highest BCUT2D eigenvalue weighted by molar-refractivity contribution is 5.23. The Hall–Kier alpha value is -1.28. The van der Waals surface area contributed by atoms with Gasteiger partial charge in [0, 0.05) is 19.2 Å². The van der Waals surface area contributed by atoms with E-state index in [1.807, 2.05) is 0 Å². The van der Waals surface area contributed by atoms with E-state index in [1.54, 1.807) is 0 Å². The van der Waals surface area contributed by atoms with Crippen molar-refractivity contribution in [1.82, 2.24) is 4.90 Å². The predicted octanol–water partition coefficient (Wildman–Crippen LogP) is 0.540. The Balaban J connectivity index is 1.64. The van der Waals surface area contributed by atoms with Crippen LogP contribution in [0, 0.1) is 11.6 Å².